The number of rotatable bonds is 6. The number of nitrogens with one attached hydrogen (secondary N) is 2. The van der Waals surface area contributed by atoms with Gasteiger partial charge in [-0.05, 0) is 19.1 Å². The van der Waals surface area contributed by atoms with Crippen molar-refractivity contribution in [1.82, 2.24) is 5.32 Å². The number of hydrogen-bond acceptors (Lipinski definition) is 5. The molecule has 0 bridgehead atoms. The second kappa shape index (κ2) is 6.34. The number of amides is 2. The lowest BCUT2D eigenvalue weighted by Gasteiger charge is -2.07. The van der Waals surface area contributed by atoms with Crippen molar-refractivity contribution in [1.29, 1.82) is 0 Å². The Morgan fingerprint density at radius 2 is 2.11 bits per heavy atom. The Labute approximate surface area is 109 Å². The fourth-order valence-electron chi connectivity index (χ4n) is 1.42. The number of nitrogens with zero attached hydrogens (tertiary/aromatic N) is 1. The van der Waals surface area contributed by atoms with Crippen LogP contribution in [0.2, 0.25) is 0 Å². The van der Waals surface area contributed by atoms with Gasteiger partial charge in [-0.1, -0.05) is 0 Å². The lowest BCUT2D eigenvalue weighted by Crippen LogP contribution is -2.29. The third-order valence-corrected chi connectivity index (χ3v) is 2.29. The summed E-state index contributed by atoms with van der Waals surface area (Å²) in [6, 6.07) is 3.77. The summed E-state index contributed by atoms with van der Waals surface area (Å²) in [5.41, 5.74) is 4.93. The third kappa shape index (κ3) is 3.95. The Bertz CT molecular complexity index is 515. The minimum Gasteiger partial charge on any atom is -0.371 e. The van der Waals surface area contributed by atoms with Gasteiger partial charge in [0.1, 0.15) is 5.69 Å². The summed E-state index contributed by atoms with van der Waals surface area (Å²) in [6.07, 6.45) is 0. The summed E-state index contributed by atoms with van der Waals surface area (Å²) in [4.78, 5) is 32.4. The zero-order valence-corrected chi connectivity index (χ0v) is 10.3. The lowest BCUT2D eigenvalue weighted by molar-refractivity contribution is -0.384. The molecule has 102 valence electrons. The molecule has 19 heavy (non-hydrogen) atoms. The van der Waals surface area contributed by atoms with Crippen LogP contribution in [0.5, 0.6) is 0 Å². The van der Waals surface area contributed by atoms with Crippen LogP contribution in [0, 0.1) is 10.1 Å². The molecule has 4 N–H and O–H groups in total. The van der Waals surface area contributed by atoms with Crippen molar-refractivity contribution < 1.29 is 14.5 Å². The van der Waals surface area contributed by atoms with Crippen LogP contribution in [0.3, 0.4) is 0 Å². The quantitative estimate of drug-likeness (QED) is 0.502. The number of primary amides is 1. The number of hydrogen-bond donors (Lipinski definition) is 3. The molecule has 2 amide bonds. The summed E-state index contributed by atoms with van der Waals surface area (Å²) < 4.78 is 0. The van der Waals surface area contributed by atoms with Gasteiger partial charge in [0.05, 0.1) is 11.5 Å². The Balaban J connectivity index is 2.91. The predicted octanol–water partition coefficient (Wildman–Crippen LogP) is 0.242. The van der Waals surface area contributed by atoms with E-state index in [1.54, 1.807) is 6.92 Å². The Kier molecular flexibility index (Phi) is 4.81. The molecular formula is C11H14N4O4. The van der Waals surface area contributed by atoms with Crippen LogP contribution in [0.4, 0.5) is 11.4 Å². The first-order chi connectivity index (χ1) is 8.95. The number of carbonyl (C=O) groups is 2. The predicted molar refractivity (Wildman–Crippen MR) is 68.8 cm³/mol. The molecule has 8 nitrogen and oxygen atoms in total. The molecule has 1 rings (SSSR count). The van der Waals surface area contributed by atoms with Crippen LogP contribution in [-0.2, 0) is 4.79 Å². The first-order valence-electron chi connectivity index (χ1n) is 5.54. The van der Waals surface area contributed by atoms with E-state index < -0.39 is 10.8 Å². The highest BCUT2D eigenvalue weighted by Crippen LogP contribution is 2.25. The number of benzene rings is 1. The summed E-state index contributed by atoms with van der Waals surface area (Å²) in [6.45, 7) is 2.15. The number of nitro benzene ring substituents is 1. The van der Waals surface area contributed by atoms with E-state index in [0.717, 1.165) is 6.07 Å². The largest absolute Gasteiger partial charge is 0.371 e. The minimum atomic E-state index is -0.752. The number of nitro groups is 1. The average Bonchev–Trinajstić information content (AvgIpc) is 2.36. The Hall–Kier alpha value is -2.64. The molecule has 0 atom stereocenters. The molecule has 0 aliphatic rings. The third-order valence-electron chi connectivity index (χ3n) is 2.29. The zero-order valence-electron chi connectivity index (χ0n) is 10.3. The van der Waals surface area contributed by atoms with Gasteiger partial charge in [-0.15, -0.1) is 0 Å². The number of nitrogens with two attached hydrogens (primary N) is 1. The highest BCUT2D eigenvalue weighted by Gasteiger charge is 2.16. The first kappa shape index (κ1) is 14.4. The highest BCUT2D eigenvalue weighted by atomic mass is 16.6. The van der Waals surface area contributed by atoms with E-state index in [-0.39, 0.29) is 29.4 Å². The van der Waals surface area contributed by atoms with Gasteiger partial charge in [0.2, 0.25) is 11.8 Å². The Morgan fingerprint density at radius 1 is 1.42 bits per heavy atom. The summed E-state index contributed by atoms with van der Waals surface area (Å²) in [7, 11) is 0. The van der Waals surface area contributed by atoms with Crippen LogP contribution in [0.15, 0.2) is 18.2 Å². The topological polar surface area (TPSA) is 127 Å². The van der Waals surface area contributed by atoms with Gasteiger partial charge in [0.25, 0.3) is 5.69 Å². The van der Waals surface area contributed by atoms with Crippen LogP contribution in [0.1, 0.15) is 17.3 Å². The van der Waals surface area contributed by atoms with E-state index in [9.17, 15) is 19.7 Å². The molecule has 0 saturated carbocycles. The van der Waals surface area contributed by atoms with Gasteiger partial charge in [-0.2, -0.15) is 0 Å². The van der Waals surface area contributed by atoms with Crippen LogP contribution < -0.4 is 16.4 Å². The van der Waals surface area contributed by atoms with Crippen LogP contribution in [-0.4, -0.2) is 29.8 Å². The van der Waals surface area contributed by atoms with Gasteiger partial charge in [-0.25, -0.2) is 0 Å². The van der Waals surface area contributed by atoms with Gasteiger partial charge < -0.3 is 16.4 Å². The van der Waals surface area contributed by atoms with E-state index in [2.05, 4.69) is 10.6 Å². The standard InChI is InChI=1S/C11H14N4O4/c1-2-13-10(16)6-14-8-4-3-7(11(12)17)5-9(8)15(18)19/h3-5,14H,2,6H2,1H3,(H2,12,17)(H,13,16). The molecule has 1 aromatic carbocycles. The maximum atomic E-state index is 11.3. The van der Waals surface area contributed by atoms with E-state index in [4.69, 9.17) is 5.73 Å². The number of carbonyl (C=O) groups excluding carboxylic acids is 2. The molecule has 0 heterocycles. The molecule has 0 fully saturated rings. The molecule has 0 saturated heterocycles. The fraction of sp³-hybridized carbons (Fsp3) is 0.273. The molecule has 0 spiro atoms. The normalized spacial score (nSPS) is 9.74. The van der Waals surface area contributed by atoms with E-state index in [0.29, 0.717) is 6.54 Å². The molecule has 0 aliphatic heterocycles. The van der Waals surface area contributed by atoms with Gasteiger partial charge >= 0.3 is 0 Å². The molecular weight excluding hydrogens is 252 g/mol. The zero-order chi connectivity index (χ0) is 14.4. The molecule has 1 aromatic rings. The second-order valence-corrected chi connectivity index (χ2v) is 3.66. The van der Waals surface area contributed by atoms with E-state index >= 15 is 0 Å². The second-order valence-electron chi connectivity index (χ2n) is 3.66. The van der Waals surface area contributed by atoms with Crippen LogP contribution in [0.25, 0.3) is 0 Å². The molecule has 0 radical (unpaired) electrons. The molecule has 0 aliphatic carbocycles. The van der Waals surface area contributed by atoms with Crippen molar-refractivity contribution in [2.75, 3.05) is 18.4 Å². The smallest absolute Gasteiger partial charge is 0.293 e. The van der Waals surface area contributed by atoms with Crippen molar-refractivity contribution in [2.24, 2.45) is 5.73 Å². The number of anilines is 1. The first-order valence-corrected chi connectivity index (χ1v) is 5.54. The fourth-order valence-corrected chi connectivity index (χ4v) is 1.42. The lowest BCUT2D eigenvalue weighted by atomic mass is 10.1. The maximum Gasteiger partial charge on any atom is 0.293 e. The van der Waals surface area contributed by atoms with Crippen molar-refractivity contribution in [3.05, 3.63) is 33.9 Å². The van der Waals surface area contributed by atoms with Crippen molar-refractivity contribution in [3.8, 4) is 0 Å². The van der Waals surface area contributed by atoms with Crippen molar-refractivity contribution in [3.63, 3.8) is 0 Å². The van der Waals surface area contributed by atoms with Crippen molar-refractivity contribution >= 4 is 23.2 Å². The van der Waals surface area contributed by atoms with E-state index in [1.165, 1.54) is 12.1 Å². The maximum absolute atomic E-state index is 11.3. The summed E-state index contributed by atoms with van der Waals surface area (Å²) in [5, 5.41) is 16.1. The summed E-state index contributed by atoms with van der Waals surface area (Å²) in [5.74, 6) is -1.03. The van der Waals surface area contributed by atoms with Gasteiger partial charge in [0, 0.05) is 18.2 Å². The number of likely N-dealkylation sites (N-methyl/N-ethyl adjacent to an activating group) is 1. The Morgan fingerprint density at radius 3 is 2.63 bits per heavy atom. The highest BCUT2D eigenvalue weighted by molar-refractivity contribution is 5.94. The molecule has 0 aromatic heterocycles. The molecule has 0 unspecified atom stereocenters. The SMILES string of the molecule is CCNC(=O)CNc1ccc(C(N)=O)cc1[N+](=O)[O-]. The minimum absolute atomic E-state index is 0.0373. The molecule has 8 heteroatoms. The van der Waals surface area contributed by atoms with Gasteiger partial charge in [0.15, 0.2) is 0 Å². The summed E-state index contributed by atoms with van der Waals surface area (Å²) >= 11 is 0. The average molecular weight is 266 g/mol. The van der Waals surface area contributed by atoms with E-state index in [1.807, 2.05) is 0 Å². The monoisotopic (exact) mass is 266 g/mol. The van der Waals surface area contributed by atoms with Crippen molar-refractivity contribution in [2.45, 2.75) is 6.92 Å². The van der Waals surface area contributed by atoms with Gasteiger partial charge in [-0.3, -0.25) is 19.7 Å². The van der Waals surface area contributed by atoms with Crippen LogP contribution >= 0.6 is 0 Å².